The van der Waals surface area contributed by atoms with Crippen LogP contribution in [-0.4, -0.2) is 24.5 Å². The Bertz CT molecular complexity index is 873. The van der Waals surface area contributed by atoms with Gasteiger partial charge in [0, 0.05) is 25.9 Å². The van der Waals surface area contributed by atoms with Crippen molar-refractivity contribution in [2.75, 3.05) is 13.7 Å². The Morgan fingerprint density at radius 1 is 1.11 bits per heavy atom. The van der Waals surface area contributed by atoms with Crippen LogP contribution in [-0.2, 0) is 11.3 Å². The average Bonchev–Trinajstić information content (AvgIpc) is 3.23. The molecule has 4 nitrogen and oxygen atoms in total. The number of benzene rings is 2. The molecule has 2 aromatic carbocycles. The minimum absolute atomic E-state index is 0.00752. The predicted molar refractivity (Wildman–Crippen MR) is 106 cm³/mol. The standard InChI is InChI=1S/C23H24FNO3/c1-17(26)25(16-18-5-11-21(27-2)12-6-18)14-13-22(23-4-3-15-28-23)19-7-9-20(24)10-8-19/h3-12,15,22H,13-14,16H2,1-2H3/t22-/m1/s1. The molecular weight excluding hydrogens is 357 g/mol. The average molecular weight is 381 g/mol. The Morgan fingerprint density at radius 2 is 1.82 bits per heavy atom. The van der Waals surface area contributed by atoms with Gasteiger partial charge in [-0.05, 0) is 53.9 Å². The van der Waals surface area contributed by atoms with Crippen molar-refractivity contribution in [3.8, 4) is 5.75 Å². The summed E-state index contributed by atoms with van der Waals surface area (Å²) in [7, 11) is 1.63. The van der Waals surface area contributed by atoms with Crippen LogP contribution in [0.15, 0.2) is 71.3 Å². The highest BCUT2D eigenvalue weighted by Gasteiger charge is 2.20. The number of furan rings is 1. The summed E-state index contributed by atoms with van der Waals surface area (Å²) in [4.78, 5) is 14.0. The number of nitrogens with zero attached hydrogens (tertiary/aromatic N) is 1. The van der Waals surface area contributed by atoms with Crippen LogP contribution < -0.4 is 4.74 Å². The molecule has 3 aromatic rings. The van der Waals surface area contributed by atoms with E-state index in [0.717, 1.165) is 22.6 Å². The zero-order valence-electron chi connectivity index (χ0n) is 16.1. The molecule has 0 saturated carbocycles. The van der Waals surface area contributed by atoms with Crippen molar-refractivity contribution in [3.05, 3.63) is 89.6 Å². The summed E-state index contributed by atoms with van der Waals surface area (Å²) in [6, 6.07) is 17.9. The highest BCUT2D eigenvalue weighted by Crippen LogP contribution is 2.29. The molecule has 146 valence electrons. The Morgan fingerprint density at radius 3 is 2.39 bits per heavy atom. The van der Waals surface area contributed by atoms with Crippen molar-refractivity contribution in [1.29, 1.82) is 0 Å². The molecule has 0 bridgehead atoms. The van der Waals surface area contributed by atoms with Gasteiger partial charge >= 0.3 is 0 Å². The lowest BCUT2D eigenvalue weighted by Crippen LogP contribution is -2.30. The van der Waals surface area contributed by atoms with Crippen LogP contribution in [0.25, 0.3) is 0 Å². The summed E-state index contributed by atoms with van der Waals surface area (Å²) < 4.78 is 24.1. The van der Waals surface area contributed by atoms with E-state index in [-0.39, 0.29) is 17.6 Å². The monoisotopic (exact) mass is 381 g/mol. The lowest BCUT2D eigenvalue weighted by Gasteiger charge is -2.24. The van der Waals surface area contributed by atoms with E-state index < -0.39 is 0 Å². The first-order valence-electron chi connectivity index (χ1n) is 9.24. The van der Waals surface area contributed by atoms with Gasteiger partial charge in [-0.25, -0.2) is 4.39 Å². The third kappa shape index (κ3) is 5.00. The van der Waals surface area contributed by atoms with E-state index in [0.29, 0.717) is 19.5 Å². The summed E-state index contributed by atoms with van der Waals surface area (Å²) in [5.41, 5.74) is 2.00. The summed E-state index contributed by atoms with van der Waals surface area (Å²) in [5, 5.41) is 0. The molecule has 0 fully saturated rings. The van der Waals surface area contributed by atoms with Gasteiger partial charge in [-0.3, -0.25) is 4.79 Å². The van der Waals surface area contributed by atoms with E-state index in [2.05, 4.69) is 0 Å². The van der Waals surface area contributed by atoms with E-state index in [9.17, 15) is 9.18 Å². The van der Waals surface area contributed by atoms with Crippen molar-refractivity contribution < 1.29 is 18.3 Å². The fourth-order valence-electron chi connectivity index (χ4n) is 3.24. The lowest BCUT2D eigenvalue weighted by atomic mass is 9.93. The molecule has 5 heteroatoms. The van der Waals surface area contributed by atoms with Gasteiger partial charge in [0.05, 0.1) is 13.4 Å². The summed E-state index contributed by atoms with van der Waals surface area (Å²) in [6.07, 6.45) is 2.31. The molecule has 0 radical (unpaired) electrons. The van der Waals surface area contributed by atoms with Crippen LogP contribution in [0.1, 0.15) is 36.1 Å². The van der Waals surface area contributed by atoms with E-state index in [4.69, 9.17) is 9.15 Å². The second kappa shape index (κ2) is 9.22. The molecule has 0 spiro atoms. The van der Waals surface area contributed by atoms with Crippen molar-refractivity contribution in [2.24, 2.45) is 0 Å². The molecule has 0 aliphatic heterocycles. The largest absolute Gasteiger partial charge is 0.497 e. The van der Waals surface area contributed by atoms with Crippen molar-refractivity contribution in [3.63, 3.8) is 0 Å². The van der Waals surface area contributed by atoms with Gasteiger partial charge in [-0.2, -0.15) is 0 Å². The van der Waals surface area contributed by atoms with Crippen molar-refractivity contribution in [1.82, 2.24) is 4.90 Å². The minimum Gasteiger partial charge on any atom is -0.497 e. The number of methoxy groups -OCH3 is 1. The highest BCUT2D eigenvalue weighted by atomic mass is 19.1. The fraction of sp³-hybridized carbons (Fsp3) is 0.261. The molecule has 1 amide bonds. The van der Waals surface area contributed by atoms with Crippen LogP contribution in [0.4, 0.5) is 4.39 Å². The summed E-state index contributed by atoms with van der Waals surface area (Å²) in [6.45, 7) is 2.65. The molecular formula is C23H24FNO3. The first-order chi connectivity index (χ1) is 13.6. The molecule has 1 heterocycles. The predicted octanol–water partition coefficient (Wildman–Crippen LogP) is 5.00. The molecule has 0 saturated heterocycles. The molecule has 3 rings (SSSR count). The number of amides is 1. The van der Waals surface area contributed by atoms with E-state index >= 15 is 0 Å². The van der Waals surface area contributed by atoms with Gasteiger partial charge in [0.15, 0.2) is 0 Å². The van der Waals surface area contributed by atoms with Crippen molar-refractivity contribution in [2.45, 2.75) is 25.8 Å². The smallest absolute Gasteiger partial charge is 0.219 e. The van der Waals surface area contributed by atoms with E-state index in [1.165, 1.54) is 12.1 Å². The molecule has 0 aliphatic rings. The highest BCUT2D eigenvalue weighted by molar-refractivity contribution is 5.73. The second-order valence-corrected chi connectivity index (χ2v) is 6.70. The molecule has 0 unspecified atom stereocenters. The number of hydrogen-bond acceptors (Lipinski definition) is 3. The topological polar surface area (TPSA) is 42.7 Å². The first-order valence-corrected chi connectivity index (χ1v) is 9.24. The van der Waals surface area contributed by atoms with Crippen LogP contribution in [0.3, 0.4) is 0 Å². The maximum atomic E-state index is 13.3. The number of halogens is 1. The quantitative estimate of drug-likeness (QED) is 0.552. The van der Waals surface area contributed by atoms with Crippen molar-refractivity contribution >= 4 is 5.91 Å². The van der Waals surface area contributed by atoms with Gasteiger partial charge in [-0.1, -0.05) is 24.3 Å². The molecule has 0 aliphatic carbocycles. The lowest BCUT2D eigenvalue weighted by molar-refractivity contribution is -0.129. The Labute approximate surface area is 164 Å². The van der Waals surface area contributed by atoms with Gasteiger partial charge < -0.3 is 14.1 Å². The van der Waals surface area contributed by atoms with Crippen LogP contribution in [0.5, 0.6) is 5.75 Å². The van der Waals surface area contributed by atoms with Gasteiger partial charge in [-0.15, -0.1) is 0 Å². The number of carbonyl (C=O) groups is 1. The summed E-state index contributed by atoms with van der Waals surface area (Å²) in [5.74, 6) is 1.28. The first kappa shape index (κ1) is 19.7. The Balaban J connectivity index is 1.73. The maximum Gasteiger partial charge on any atom is 0.219 e. The number of carbonyl (C=O) groups excluding carboxylic acids is 1. The van der Waals surface area contributed by atoms with Gasteiger partial charge in [0.1, 0.15) is 17.3 Å². The second-order valence-electron chi connectivity index (χ2n) is 6.70. The summed E-state index contributed by atoms with van der Waals surface area (Å²) >= 11 is 0. The zero-order chi connectivity index (χ0) is 19.9. The Kier molecular flexibility index (Phi) is 6.48. The normalized spacial score (nSPS) is 11.8. The molecule has 0 N–H and O–H groups in total. The Hall–Kier alpha value is -3.08. The van der Waals surface area contributed by atoms with E-state index in [1.54, 1.807) is 37.3 Å². The zero-order valence-corrected chi connectivity index (χ0v) is 16.1. The number of rotatable bonds is 8. The van der Waals surface area contributed by atoms with E-state index in [1.807, 2.05) is 36.4 Å². The molecule has 1 atom stereocenters. The fourth-order valence-corrected chi connectivity index (χ4v) is 3.24. The van der Waals surface area contributed by atoms with Gasteiger partial charge in [0.25, 0.3) is 0 Å². The van der Waals surface area contributed by atoms with Crippen LogP contribution in [0.2, 0.25) is 0 Å². The number of ether oxygens (including phenoxy) is 1. The van der Waals surface area contributed by atoms with Crippen LogP contribution >= 0.6 is 0 Å². The minimum atomic E-state index is -0.271. The third-order valence-electron chi connectivity index (χ3n) is 4.82. The SMILES string of the molecule is COc1ccc(CN(CC[C@H](c2ccc(F)cc2)c2ccco2)C(C)=O)cc1. The van der Waals surface area contributed by atoms with Gasteiger partial charge in [0.2, 0.25) is 5.91 Å². The van der Waals surface area contributed by atoms with Crippen LogP contribution in [0, 0.1) is 5.82 Å². The third-order valence-corrected chi connectivity index (χ3v) is 4.82. The molecule has 1 aromatic heterocycles. The maximum absolute atomic E-state index is 13.3. The molecule has 28 heavy (non-hydrogen) atoms. The number of hydrogen-bond donors (Lipinski definition) is 0.